The van der Waals surface area contributed by atoms with Gasteiger partial charge < -0.3 is 14.9 Å². The normalized spacial score (nSPS) is 14.7. The van der Waals surface area contributed by atoms with Crippen molar-refractivity contribution in [1.29, 1.82) is 0 Å². The summed E-state index contributed by atoms with van der Waals surface area (Å²) >= 11 is 11.2. The fourth-order valence-corrected chi connectivity index (χ4v) is 1.58. The molecule has 0 aromatic heterocycles. The van der Waals surface area contributed by atoms with E-state index < -0.39 is 12.2 Å². The highest BCUT2D eigenvalue weighted by Crippen LogP contribution is 2.30. The van der Waals surface area contributed by atoms with Gasteiger partial charge in [-0.1, -0.05) is 11.6 Å². The van der Waals surface area contributed by atoms with E-state index in [4.69, 9.17) is 27.9 Å². The van der Waals surface area contributed by atoms with E-state index in [1.165, 1.54) is 7.11 Å². The lowest BCUT2D eigenvalue weighted by molar-refractivity contribution is 0.0312. The largest absolute Gasteiger partial charge is 0.496 e. The fraction of sp³-hybridized carbons (Fsp3) is 0.400. The summed E-state index contributed by atoms with van der Waals surface area (Å²) in [6, 6.07) is 4.81. The molecule has 2 atom stereocenters. The molecule has 1 aromatic carbocycles. The fourth-order valence-electron chi connectivity index (χ4n) is 1.23. The van der Waals surface area contributed by atoms with Gasteiger partial charge in [-0.25, -0.2) is 0 Å². The monoisotopic (exact) mass is 250 g/mol. The molecule has 0 heterocycles. The van der Waals surface area contributed by atoms with Gasteiger partial charge in [0.25, 0.3) is 0 Å². The Balaban J connectivity index is 3.05. The van der Waals surface area contributed by atoms with E-state index in [2.05, 4.69) is 0 Å². The molecular weight excluding hydrogens is 239 g/mol. The number of benzene rings is 1. The minimum atomic E-state index is -1.10. The second kappa shape index (κ2) is 5.56. The Morgan fingerprint density at radius 3 is 2.60 bits per heavy atom. The Morgan fingerprint density at radius 2 is 2.07 bits per heavy atom. The van der Waals surface area contributed by atoms with E-state index in [-0.39, 0.29) is 5.88 Å². The van der Waals surface area contributed by atoms with Gasteiger partial charge in [-0.15, -0.1) is 11.6 Å². The van der Waals surface area contributed by atoms with Crippen LogP contribution in [0, 0.1) is 0 Å². The highest BCUT2D eigenvalue weighted by atomic mass is 35.5. The lowest BCUT2D eigenvalue weighted by Gasteiger charge is -2.18. The topological polar surface area (TPSA) is 49.7 Å². The minimum absolute atomic E-state index is 0.0587. The van der Waals surface area contributed by atoms with Crippen LogP contribution in [0.25, 0.3) is 0 Å². The predicted molar refractivity (Wildman–Crippen MR) is 59.7 cm³/mol. The summed E-state index contributed by atoms with van der Waals surface area (Å²) in [5.74, 6) is 0.410. The van der Waals surface area contributed by atoms with Crippen LogP contribution in [0.1, 0.15) is 11.7 Å². The number of hydrogen-bond donors (Lipinski definition) is 2. The summed E-state index contributed by atoms with van der Waals surface area (Å²) in [7, 11) is 1.48. The molecule has 0 fully saturated rings. The van der Waals surface area contributed by atoms with Crippen LogP contribution in [0.15, 0.2) is 18.2 Å². The molecule has 15 heavy (non-hydrogen) atoms. The number of methoxy groups -OCH3 is 1. The summed E-state index contributed by atoms with van der Waals surface area (Å²) in [4.78, 5) is 0. The van der Waals surface area contributed by atoms with E-state index in [0.29, 0.717) is 16.3 Å². The average molecular weight is 251 g/mol. The summed E-state index contributed by atoms with van der Waals surface area (Å²) < 4.78 is 5.04. The van der Waals surface area contributed by atoms with Crippen LogP contribution < -0.4 is 4.74 Å². The van der Waals surface area contributed by atoms with Gasteiger partial charge in [0.2, 0.25) is 0 Å². The number of rotatable bonds is 4. The molecule has 0 bridgehead atoms. The number of aliphatic hydroxyl groups excluding tert-OH is 2. The van der Waals surface area contributed by atoms with E-state index in [0.717, 1.165) is 0 Å². The first-order valence-corrected chi connectivity index (χ1v) is 5.27. The molecule has 84 valence electrons. The van der Waals surface area contributed by atoms with Gasteiger partial charge in [0.05, 0.1) is 19.1 Å². The molecule has 0 saturated carbocycles. The van der Waals surface area contributed by atoms with Crippen molar-refractivity contribution in [1.82, 2.24) is 0 Å². The maximum absolute atomic E-state index is 9.75. The minimum Gasteiger partial charge on any atom is -0.496 e. The van der Waals surface area contributed by atoms with Crippen LogP contribution in [0.2, 0.25) is 5.02 Å². The molecule has 0 aliphatic heterocycles. The van der Waals surface area contributed by atoms with Crippen molar-refractivity contribution in [2.45, 2.75) is 12.2 Å². The Bertz CT molecular complexity index is 330. The first-order valence-electron chi connectivity index (χ1n) is 4.35. The van der Waals surface area contributed by atoms with Gasteiger partial charge in [-0.05, 0) is 18.2 Å². The Labute approximate surface area is 98.2 Å². The molecular formula is C10H12Cl2O3. The third-order valence-corrected chi connectivity index (χ3v) is 2.58. The van der Waals surface area contributed by atoms with Gasteiger partial charge >= 0.3 is 0 Å². The molecule has 1 aromatic rings. The summed E-state index contributed by atoms with van der Waals surface area (Å²) in [6.07, 6.45) is -2.14. The molecule has 0 radical (unpaired) electrons. The van der Waals surface area contributed by atoms with Crippen molar-refractivity contribution in [3.05, 3.63) is 28.8 Å². The van der Waals surface area contributed by atoms with Gasteiger partial charge in [0.1, 0.15) is 11.9 Å². The van der Waals surface area contributed by atoms with Gasteiger partial charge in [-0.2, -0.15) is 0 Å². The zero-order valence-corrected chi connectivity index (χ0v) is 9.66. The predicted octanol–water partition coefficient (Wildman–Crippen LogP) is 1.98. The van der Waals surface area contributed by atoms with Crippen LogP contribution in [0.3, 0.4) is 0 Å². The van der Waals surface area contributed by atoms with Crippen LogP contribution in [-0.4, -0.2) is 29.3 Å². The first kappa shape index (κ1) is 12.6. The Hall–Kier alpha value is -0.480. The smallest absolute Gasteiger partial charge is 0.124 e. The molecule has 2 N–H and O–H groups in total. The lowest BCUT2D eigenvalue weighted by atomic mass is 10.0. The van der Waals surface area contributed by atoms with Crippen LogP contribution in [0.5, 0.6) is 5.75 Å². The zero-order valence-electron chi connectivity index (χ0n) is 8.15. The van der Waals surface area contributed by atoms with Crippen molar-refractivity contribution in [2.24, 2.45) is 0 Å². The molecule has 2 unspecified atom stereocenters. The van der Waals surface area contributed by atoms with Crippen LogP contribution in [0.4, 0.5) is 0 Å². The third kappa shape index (κ3) is 2.98. The maximum Gasteiger partial charge on any atom is 0.124 e. The number of halogens is 2. The van der Waals surface area contributed by atoms with Crippen LogP contribution in [-0.2, 0) is 0 Å². The molecule has 0 aliphatic rings. The number of ether oxygens (including phenoxy) is 1. The van der Waals surface area contributed by atoms with Gasteiger partial charge in [-0.3, -0.25) is 0 Å². The quantitative estimate of drug-likeness (QED) is 0.804. The second-order valence-electron chi connectivity index (χ2n) is 3.05. The van der Waals surface area contributed by atoms with Gasteiger partial charge in [0.15, 0.2) is 0 Å². The van der Waals surface area contributed by atoms with E-state index in [1.54, 1.807) is 18.2 Å². The molecule has 0 saturated heterocycles. The standard InChI is InChI=1S/C10H12Cl2O3/c1-15-9-3-2-6(12)4-7(9)10(14)8(13)5-11/h2-4,8,10,13-14H,5H2,1H3. The Kier molecular flexibility index (Phi) is 4.67. The van der Waals surface area contributed by atoms with Crippen molar-refractivity contribution >= 4 is 23.2 Å². The lowest BCUT2D eigenvalue weighted by Crippen LogP contribution is -2.20. The number of alkyl halides is 1. The highest BCUT2D eigenvalue weighted by Gasteiger charge is 2.21. The SMILES string of the molecule is COc1ccc(Cl)cc1C(O)C(O)CCl. The average Bonchev–Trinajstić information content (AvgIpc) is 2.27. The summed E-state index contributed by atoms with van der Waals surface area (Å²) in [5, 5.41) is 19.6. The number of hydrogen-bond acceptors (Lipinski definition) is 3. The summed E-state index contributed by atoms with van der Waals surface area (Å²) in [6.45, 7) is 0. The van der Waals surface area contributed by atoms with Crippen molar-refractivity contribution in [2.75, 3.05) is 13.0 Å². The van der Waals surface area contributed by atoms with Crippen molar-refractivity contribution < 1.29 is 14.9 Å². The van der Waals surface area contributed by atoms with Crippen molar-refractivity contribution in [3.63, 3.8) is 0 Å². The second-order valence-corrected chi connectivity index (χ2v) is 3.80. The van der Waals surface area contributed by atoms with Crippen LogP contribution >= 0.6 is 23.2 Å². The Morgan fingerprint density at radius 1 is 1.40 bits per heavy atom. The van der Waals surface area contributed by atoms with E-state index in [9.17, 15) is 10.2 Å². The van der Waals surface area contributed by atoms with E-state index >= 15 is 0 Å². The molecule has 1 rings (SSSR count). The molecule has 0 amide bonds. The zero-order chi connectivity index (χ0) is 11.4. The van der Waals surface area contributed by atoms with Crippen molar-refractivity contribution in [3.8, 4) is 5.75 Å². The first-order chi connectivity index (χ1) is 7.10. The molecule has 5 heteroatoms. The maximum atomic E-state index is 9.75. The highest BCUT2D eigenvalue weighted by molar-refractivity contribution is 6.30. The molecule has 0 aliphatic carbocycles. The molecule has 0 spiro atoms. The third-order valence-electron chi connectivity index (χ3n) is 2.03. The van der Waals surface area contributed by atoms with Gasteiger partial charge in [0, 0.05) is 10.6 Å². The molecule has 3 nitrogen and oxygen atoms in total. The van der Waals surface area contributed by atoms with E-state index in [1.807, 2.05) is 0 Å². The number of aliphatic hydroxyl groups is 2. The summed E-state index contributed by atoms with van der Waals surface area (Å²) in [5.41, 5.74) is 0.429.